The van der Waals surface area contributed by atoms with Gasteiger partial charge < -0.3 is 14.0 Å². The minimum atomic E-state index is -0.405. The highest BCUT2D eigenvalue weighted by Crippen LogP contribution is 2.40. The van der Waals surface area contributed by atoms with E-state index in [2.05, 4.69) is 4.57 Å². The number of benzene rings is 2. The van der Waals surface area contributed by atoms with Crippen molar-refractivity contribution in [3.63, 3.8) is 0 Å². The van der Waals surface area contributed by atoms with E-state index in [1.807, 2.05) is 54.6 Å². The molecule has 0 saturated carbocycles. The summed E-state index contributed by atoms with van der Waals surface area (Å²) in [6.45, 7) is 1.09. The van der Waals surface area contributed by atoms with Crippen molar-refractivity contribution < 1.29 is 9.47 Å². The number of aromatic nitrogens is 3. The number of aryl methyl sites for hydroxylation is 1. The van der Waals surface area contributed by atoms with Crippen LogP contribution < -0.4 is 16.0 Å². The topological polar surface area (TPSA) is 67.4 Å². The Morgan fingerprint density at radius 3 is 2.35 bits per heavy atom. The Hall–Kier alpha value is -3.58. The van der Waals surface area contributed by atoms with Gasteiger partial charge in [0, 0.05) is 20.6 Å². The first-order valence-electron chi connectivity index (χ1n) is 10.2. The standard InChI is InChI=1S/C24H23N3O4/c1-25-20-18(23(28)26(2)24(25)29)19(15-7-5-4-6-8-15)27-13-14-31-22(21(20)27)16-9-11-17(30-3)12-10-16/h4-12,22H,13-14H2,1-3H3/t22-/m1/s1. The Morgan fingerprint density at radius 2 is 1.68 bits per heavy atom. The van der Waals surface area contributed by atoms with Gasteiger partial charge in [0.2, 0.25) is 0 Å². The van der Waals surface area contributed by atoms with Crippen molar-refractivity contribution in [1.29, 1.82) is 0 Å². The van der Waals surface area contributed by atoms with Crippen LogP contribution in [0.1, 0.15) is 17.4 Å². The summed E-state index contributed by atoms with van der Waals surface area (Å²) in [5.41, 5.74) is 3.48. The van der Waals surface area contributed by atoms with E-state index in [4.69, 9.17) is 9.47 Å². The molecule has 0 unspecified atom stereocenters. The zero-order chi connectivity index (χ0) is 21.7. The molecule has 1 aliphatic rings. The number of hydrogen-bond donors (Lipinski definition) is 0. The third-order valence-corrected chi connectivity index (χ3v) is 6.02. The average Bonchev–Trinajstić information content (AvgIpc) is 3.17. The van der Waals surface area contributed by atoms with E-state index < -0.39 is 6.10 Å². The molecular weight excluding hydrogens is 394 g/mol. The summed E-state index contributed by atoms with van der Waals surface area (Å²) in [6.07, 6.45) is -0.405. The number of hydrogen-bond acceptors (Lipinski definition) is 4. The van der Waals surface area contributed by atoms with E-state index >= 15 is 0 Å². The predicted octanol–water partition coefficient (Wildman–Crippen LogP) is 2.83. The van der Waals surface area contributed by atoms with Gasteiger partial charge in [-0.2, -0.15) is 0 Å². The quantitative estimate of drug-likeness (QED) is 0.514. The number of nitrogens with zero attached hydrogens (tertiary/aromatic N) is 3. The maximum absolute atomic E-state index is 13.3. The number of rotatable bonds is 3. The number of fused-ring (bicyclic) bond motifs is 3. The summed E-state index contributed by atoms with van der Waals surface area (Å²) in [5.74, 6) is 0.756. The van der Waals surface area contributed by atoms with Crippen molar-refractivity contribution in [3.05, 3.63) is 86.7 Å². The summed E-state index contributed by atoms with van der Waals surface area (Å²) < 4.78 is 16.4. The molecule has 0 fully saturated rings. The van der Waals surface area contributed by atoms with Crippen LogP contribution in [0.25, 0.3) is 22.2 Å². The fourth-order valence-corrected chi connectivity index (χ4v) is 4.51. The molecule has 0 radical (unpaired) electrons. The van der Waals surface area contributed by atoms with Gasteiger partial charge in [0.25, 0.3) is 5.56 Å². The van der Waals surface area contributed by atoms with Crippen molar-refractivity contribution in [1.82, 2.24) is 13.7 Å². The van der Waals surface area contributed by atoms with E-state index in [9.17, 15) is 9.59 Å². The third kappa shape index (κ3) is 2.84. The minimum Gasteiger partial charge on any atom is -0.497 e. The molecule has 2 aromatic heterocycles. The first kappa shape index (κ1) is 19.4. The molecule has 7 nitrogen and oxygen atoms in total. The van der Waals surface area contributed by atoms with Gasteiger partial charge in [-0.25, -0.2) is 4.79 Å². The second kappa shape index (κ2) is 7.28. The van der Waals surface area contributed by atoms with Gasteiger partial charge in [0.1, 0.15) is 11.9 Å². The fourth-order valence-electron chi connectivity index (χ4n) is 4.51. The van der Waals surface area contributed by atoms with Crippen LogP contribution >= 0.6 is 0 Å². The molecule has 0 bridgehead atoms. The Bertz CT molecular complexity index is 1400. The molecule has 3 heterocycles. The molecule has 0 saturated heterocycles. The van der Waals surface area contributed by atoms with Crippen LogP contribution in [0.15, 0.2) is 64.2 Å². The van der Waals surface area contributed by atoms with Crippen LogP contribution in [0.3, 0.4) is 0 Å². The summed E-state index contributed by atoms with van der Waals surface area (Å²) in [5, 5.41) is 0.537. The Balaban J connectivity index is 1.90. The van der Waals surface area contributed by atoms with Crippen molar-refractivity contribution in [2.75, 3.05) is 13.7 Å². The molecule has 31 heavy (non-hydrogen) atoms. The zero-order valence-corrected chi connectivity index (χ0v) is 17.7. The van der Waals surface area contributed by atoms with Crippen molar-refractivity contribution in [2.45, 2.75) is 12.6 Å². The molecule has 0 spiro atoms. The maximum atomic E-state index is 13.3. The van der Waals surface area contributed by atoms with E-state index in [0.29, 0.717) is 24.1 Å². The van der Waals surface area contributed by atoms with Gasteiger partial charge in [0.05, 0.1) is 36.0 Å². The summed E-state index contributed by atoms with van der Waals surface area (Å²) in [6, 6.07) is 17.5. The molecule has 5 rings (SSSR count). The van der Waals surface area contributed by atoms with Gasteiger partial charge >= 0.3 is 5.69 Å². The fraction of sp³-hybridized carbons (Fsp3) is 0.250. The first-order valence-corrected chi connectivity index (χ1v) is 10.2. The van der Waals surface area contributed by atoms with Crippen LogP contribution in [0.2, 0.25) is 0 Å². The van der Waals surface area contributed by atoms with Gasteiger partial charge in [-0.3, -0.25) is 13.9 Å². The summed E-state index contributed by atoms with van der Waals surface area (Å²) >= 11 is 0. The highest BCUT2D eigenvalue weighted by Gasteiger charge is 2.32. The van der Waals surface area contributed by atoms with Gasteiger partial charge in [-0.1, -0.05) is 42.5 Å². The highest BCUT2D eigenvalue weighted by molar-refractivity contribution is 5.96. The average molecular weight is 417 g/mol. The van der Waals surface area contributed by atoms with Crippen LogP contribution in [0.5, 0.6) is 5.75 Å². The van der Waals surface area contributed by atoms with Crippen molar-refractivity contribution in [2.24, 2.45) is 14.1 Å². The molecule has 1 atom stereocenters. The van der Waals surface area contributed by atoms with Gasteiger partial charge in [0.15, 0.2) is 0 Å². The Labute approximate surface area is 178 Å². The lowest BCUT2D eigenvalue weighted by atomic mass is 10.0. The van der Waals surface area contributed by atoms with Crippen LogP contribution in [-0.4, -0.2) is 27.4 Å². The molecule has 7 heteroatoms. The van der Waals surface area contributed by atoms with Crippen molar-refractivity contribution >= 4 is 10.9 Å². The minimum absolute atomic E-state index is 0.299. The summed E-state index contributed by atoms with van der Waals surface area (Å²) in [4.78, 5) is 26.1. The molecule has 2 aromatic carbocycles. The molecular formula is C24H23N3O4. The monoisotopic (exact) mass is 417 g/mol. The molecule has 0 amide bonds. The highest BCUT2D eigenvalue weighted by atomic mass is 16.5. The first-order chi connectivity index (χ1) is 15.0. The predicted molar refractivity (Wildman–Crippen MR) is 119 cm³/mol. The van der Waals surface area contributed by atoms with Crippen molar-refractivity contribution in [3.8, 4) is 17.0 Å². The number of methoxy groups -OCH3 is 1. The second-order valence-corrected chi connectivity index (χ2v) is 7.70. The Kier molecular flexibility index (Phi) is 4.55. The van der Waals surface area contributed by atoms with Crippen LogP contribution in [-0.2, 0) is 25.4 Å². The lowest BCUT2D eigenvalue weighted by molar-refractivity contribution is 0.0478. The molecule has 0 aliphatic carbocycles. The van der Waals surface area contributed by atoms with E-state index in [1.165, 1.54) is 11.6 Å². The van der Waals surface area contributed by atoms with Gasteiger partial charge in [-0.05, 0) is 23.3 Å². The van der Waals surface area contributed by atoms with E-state index in [1.54, 1.807) is 18.7 Å². The largest absolute Gasteiger partial charge is 0.497 e. The van der Waals surface area contributed by atoms with E-state index in [0.717, 1.165) is 28.3 Å². The number of ether oxygens (including phenoxy) is 2. The van der Waals surface area contributed by atoms with Crippen LogP contribution in [0, 0.1) is 0 Å². The molecule has 1 aliphatic heterocycles. The molecule has 0 N–H and O–H groups in total. The smallest absolute Gasteiger partial charge is 0.331 e. The van der Waals surface area contributed by atoms with Crippen LogP contribution in [0.4, 0.5) is 0 Å². The lowest BCUT2D eigenvalue weighted by Crippen LogP contribution is -2.37. The normalized spacial score (nSPS) is 15.8. The maximum Gasteiger partial charge on any atom is 0.331 e. The lowest BCUT2D eigenvalue weighted by Gasteiger charge is -2.27. The van der Waals surface area contributed by atoms with Gasteiger partial charge in [-0.15, -0.1) is 0 Å². The second-order valence-electron chi connectivity index (χ2n) is 7.70. The zero-order valence-electron chi connectivity index (χ0n) is 17.7. The third-order valence-electron chi connectivity index (χ3n) is 6.02. The van der Waals surface area contributed by atoms with E-state index in [-0.39, 0.29) is 11.2 Å². The SMILES string of the molecule is COc1ccc([C@H]2OCCn3c(-c4ccccc4)c4c(=O)n(C)c(=O)n(C)c4c32)cc1. The summed E-state index contributed by atoms with van der Waals surface area (Å²) in [7, 11) is 4.86. The molecule has 158 valence electrons. The molecule has 4 aromatic rings. The Morgan fingerprint density at radius 1 is 0.968 bits per heavy atom.